The first kappa shape index (κ1) is 15.8. The number of nitrogens with two attached hydrogens (primary N) is 1. The van der Waals surface area contributed by atoms with E-state index >= 15 is 0 Å². The van der Waals surface area contributed by atoms with Crippen LogP contribution in [-0.2, 0) is 4.79 Å². The zero-order chi connectivity index (χ0) is 15.3. The van der Waals surface area contributed by atoms with Gasteiger partial charge < -0.3 is 21.1 Å². The van der Waals surface area contributed by atoms with Crippen molar-refractivity contribution in [2.24, 2.45) is 0 Å². The van der Waals surface area contributed by atoms with Crippen LogP contribution in [0.5, 0.6) is 5.75 Å². The Hall–Kier alpha value is -2.24. The fourth-order valence-corrected chi connectivity index (χ4v) is 1.60. The number of amides is 2. The number of carbonyl (C=O) groups is 2. The van der Waals surface area contributed by atoms with E-state index < -0.39 is 0 Å². The van der Waals surface area contributed by atoms with Gasteiger partial charge in [-0.1, -0.05) is 0 Å². The Bertz CT molecular complexity index is 507. The Morgan fingerprint density at radius 3 is 2.45 bits per heavy atom. The summed E-state index contributed by atoms with van der Waals surface area (Å²) in [5, 5.41) is 5.30. The Balaban J connectivity index is 2.59. The molecule has 0 fully saturated rings. The third-order valence-electron chi connectivity index (χ3n) is 2.42. The number of hydrogen-bond acceptors (Lipinski definition) is 4. The summed E-state index contributed by atoms with van der Waals surface area (Å²) in [6, 6.07) is 4.71. The summed E-state index contributed by atoms with van der Waals surface area (Å²) >= 11 is 0. The standard InChI is InChI=1S/C14H21N3O3/c1-14(2,3)17-12(18)8-16-13(19)9-5-6-11(20-4)10(15)7-9/h5-7H,8,15H2,1-4H3,(H,16,19)(H,17,18). The van der Waals surface area contributed by atoms with Gasteiger partial charge in [-0.2, -0.15) is 0 Å². The minimum Gasteiger partial charge on any atom is -0.495 e. The summed E-state index contributed by atoms with van der Waals surface area (Å²) in [6.07, 6.45) is 0. The molecule has 1 aromatic rings. The summed E-state index contributed by atoms with van der Waals surface area (Å²) in [7, 11) is 1.50. The van der Waals surface area contributed by atoms with E-state index in [4.69, 9.17) is 10.5 Å². The fraction of sp³-hybridized carbons (Fsp3) is 0.429. The smallest absolute Gasteiger partial charge is 0.251 e. The van der Waals surface area contributed by atoms with Crippen LogP contribution in [0.3, 0.4) is 0 Å². The summed E-state index contributed by atoms with van der Waals surface area (Å²) in [5.74, 6) is -0.0947. The van der Waals surface area contributed by atoms with E-state index in [1.807, 2.05) is 20.8 Å². The van der Waals surface area contributed by atoms with Gasteiger partial charge >= 0.3 is 0 Å². The average Bonchev–Trinajstić information content (AvgIpc) is 2.33. The quantitative estimate of drug-likeness (QED) is 0.714. The zero-order valence-electron chi connectivity index (χ0n) is 12.2. The van der Waals surface area contributed by atoms with Crippen LogP contribution in [-0.4, -0.2) is 31.0 Å². The molecule has 1 rings (SSSR count). The molecule has 0 aromatic heterocycles. The first-order valence-corrected chi connectivity index (χ1v) is 6.25. The van der Waals surface area contributed by atoms with Gasteiger partial charge in [0.1, 0.15) is 5.75 Å². The van der Waals surface area contributed by atoms with Crippen LogP contribution in [0, 0.1) is 0 Å². The van der Waals surface area contributed by atoms with Crippen LogP contribution in [0.1, 0.15) is 31.1 Å². The number of hydrogen-bond donors (Lipinski definition) is 3. The van der Waals surface area contributed by atoms with E-state index in [2.05, 4.69) is 10.6 Å². The topological polar surface area (TPSA) is 93.4 Å². The van der Waals surface area contributed by atoms with E-state index in [9.17, 15) is 9.59 Å². The Morgan fingerprint density at radius 2 is 1.95 bits per heavy atom. The number of carbonyl (C=O) groups excluding carboxylic acids is 2. The van der Waals surface area contributed by atoms with Crippen molar-refractivity contribution in [2.75, 3.05) is 19.4 Å². The van der Waals surface area contributed by atoms with Gasteiger partial charge in [-0.05, 0) is 39.0 Å². The number of nitrogen functional groups attached to an aromatic ring is 1. The summed E-state index contributed by atoms with van der Waals surface area (Å²) in [5.41, 5.74) is 6.15. The normalized spacial score (nSPS) is 10.8. The molecule has 110 valence electrons. The third kappa shape index (κ3) is 4.79. The number of benzene rings is 1. The van der Waals surface area contributed by atoms with E-state index in [-0.39, 0.29) is 23.9 Å². The third-order valence-corrected chi connectivity index (χ3v) is 2.42. The SMILES string of the molecule is COc1ccc(C(=O)NCC(=O)NC(C)(C)C)cc1N. The van der Waals surface area contributed by atoms with Crippen LogP contribution >= 0.6 is 0 Å². The summed E-state index contributed by atoms with van der Waals surface area (Å²) in [4.78, 5) is 23.5. The lowest BCUT2D eigenvalue weighted by Gasteiger charge is -2.20. The Morgan fingerprint density at radius 1 is 1.30 bits per heavy atom. The van der Waals surface area contributed by atoms with Crippen LogP contribution in [0.15, 0.2) is 18.2 Å². The van der Waals surface area contributed by atoms with Gasteiger partial charge in [-0.3, -0.25) is 9.59 Å². The van der Waals surface area contributed by atoms with Gasteiger partial charge in [0.05, 0.1) is 19.3 Å². The van der Waals surface area contributed by atoms with Crippen molar-refractivity contribution in [3.05, 3.63) is 23.8 Å². The lowest BCUT2D eigenvalue weighted by Crippen LogP contribution is -2.45. The molecule has 0 bridgehead atoms. The molecule has 0 heterocycles. The lowest BCUT2D eigenvalue weighted by atomic mass is 10.1. The highest BCUT2D eigenvalue weighted by molar-refractivity contribution is 5.97. The van der Waals surface area contributed by atoms with Gasteiger partial charge in [0, 0.05) is 11.1 Å². The molecule has 0 aliphatic rings. The zero-order valence-corrected chi connectivity index (χ0v) is 12.2. The predicted molar refractivity (Wildman–Crippen MR) is 77.6 cm³/mol. The molecular formula is C14H21N3O3. The van der Waals surface area contributed by atoms with Crippen LogP contribution in [0.4, 0.5) is 5.69 Å². The fourth-order valence-electron chi connectivity index (χ4n) is 1.60. The second-order valence-corrected chi connectivity index (χ2v) is 5.44. The van der Waals surface area contributed by atoms with Crippen molar-refractivity contribution < 1.29 is 14.3 Å². The minimum atomic E-state index is -0.358. The highest BCUT2D eigenvalue weighted by Crippen LogP contribution is 2.21. The number of anilines is 1. The highest BCUT2D eigenvalue weighted by atomic mass is 16.5. The number of rotatable bonds is 4. The van der Waals surface area contributed by atoms with Gasteiger partial charge in [-0.25, -0.2) is 0 Å². The van der Waals surface area contributed by atoms with Crippen LogP contribution in [0.25, 0.3) is 0 Å². The molecule has 0 radical (unpaired) electrons. The molecule has 2 amide bonds. The largest absolute Gasteiger partial charge is 0.495 e. The maximum absolute atomic E-state index is 11.9. The van der Waals surface area contributed by atoms with Crippen molar-refractivity contribution in [3.8, 4) is 5.75 Å². The molecule has 4 N–H and O–H groups in total. The van der Waals surface area contributed by atoms with Crippen molar-refractivity contribution in [1.29, 1.82) is 0 Å². The predicted octanol–water partition coefficient (Wildman–Crippen LogP) is 0.922. The Labute approximate surface area is 118 Å². The maximum atomic E-state index is 11.9. The molecule has 0 saturated heterocycles. The number of methoxy groups -OCH3 is 1. The van der Waals surface area contributed by atoms with E-state index in [1.54, 1.807) is 12.1 Å². The second-order valence-electron chi connectivity index (χ2n) is 5.44. The highest BCUT2D eigenvalue weighted by Gasteiger charge is 2.15. The van der Waals surface area contributed by atoms with Gasteiger partial charge in [0.2, 0.25) is 5.91 Å². The van der Waals surface area contributed by atoms with Gasteiger partial charge in [0.15, 0.2) is 0 Å². The van der Waals surface area contributed by atoms with Gasteiger partial charge in [-0.15, -0.1) is 0 Å². The molecule has 6 nitrogen and oxygen atoms in total. The van der Waals surface area contributed by atoms with E-state index in [0.717, 1.165) is 0 Å². The summed E-state index contributed by atoms with van der Waals surface area (Å²) in [6.45, 7) is 5.53. The number of nitrogens with one attached hydrogen (secondary N) is 2. The molecule has 0 atom stereocenters. The van der Waals surface area contributed by atoms with Crippen molar-refractivity contribution >= 4 is 17.5 Å². The molecule has 0 aliphatic heterocycles. The van der Waals surface area contributed by atoms with Gasteiger partial charge in [0.25, 0.3) is 5.91 Å². The van der Waals surface area contributed by atoms with E-state index in [1.165, 1.54) is 13.2 Å². The minimum absolute atomic E-state index is 0.0813. The van der Waals surface area contributed by atoms with Crippen LogP contribution < -0.4 is 21.1 Å². The molecule has 1 aromatic carbocycles. The first-order chi connectivity index (χ1) is 9.23. The molecule has 0 aliphatic carbocycles. The first-order valence-electron chi connectivity index (χ1n) is 6.25. The molecule has 0 spiro atoms. The van der Waals surface area contributed by atoms with Crippen molar-refractivity contribution in [1.82, 2.24) is 10.6 Å². The molecule has 20 heavy (non-hydrogen) atoms. The lowest BCUT2D eigenvalue weighted by molar-refractivity contribution is -0.121. The molecule has 0 saturated carbocycles. The maximum Gasteiger partial charge on any atom is 0.251 e. The number of ether oxygens (including phenoxy) is 1. The summed E-state index contributed by atoms with van der Waals surface area (Å²) < 4.78 is 5.01. The molecule has 0 unspecified atom stereocenters. The second kappa shape index (κ2) is 6.27. The average molecular weight is 279 g/mol. The van der Waals surface area contributed by atoms with Crippen molar-refractivity contribution in [2.45, 2.75) is 26.3 Å². The molecular weight excluding hydrogens is 258 g/mol. The molecule has 6 heteroatoms. The monoisotopic (exact) mass is 279 g/mol. The van der Waals surface area contributed by atoms with Crippen LogP contribution in [0.2, 0.25) is 0 Å². The Kier molecular flexibility index (Phi) is 4.96. The van der Waals surface area contributed by atoms with E-state index in [0.29, 0.717) is 17.0 Å². The van der Waals surface area contributed by atoms with Crippen molar-refractivity contribution in [3.63, 3.8) is 0 Å².